The topological polar surface area (TPSA) is 36.7 Å². The number of carbonyl (C=O) groups is 1. The summed E-state index contributed by atoms with van der Waals surface area (Å²) in [5, 5.41) is 0. The van der Waals surface area contributed by atoms with Crippen molar-refractivity contribution in [2.45, 2.75) is 5.88 Å². The Morgan fingerprint density at radius 3 is 2.62 bits per heavy atom. The van der Waals surface area contributed by atoms with Gasteiger partial charge in [0.1, 0.15) is 5.76 Å². The summed E-state index contributed by atoms with van der Waals surface area (Å²) in [6, 6.07) is 3.44. The Labute approximate surface area is 99.8 Å². The van der Waals surface area contributed by atoms with Crippen LogP contribution in [0.3, 0.4) is 0 Å². The van der Waals surface area contributed by atoms with Gasteiger partial charge in [0, 0.05) is 26.2 Å². The molecule has 16 heavy (non-hydrogen) atoms. The van der Waals surface area contributed by atoms with Crippen LogP contribution in [0.25, 0.3) is 0 Å². The maximum atomic E-state index is 12.0. The van der Waals surface area contributed by atoms with E-state index in [0.717, 1.165) is 26.2 Å². The van der Waals surface area contributed by atoms with Crippen LogP contribution in [-0.4, -0.2) is 48.9 Å². The minimum atomic E-state index is -0.0375. The van der Waals surface area contributed by atoms with E-state index in [9.17, 15) is 4.79 Å². The number of alkyl halides is 1. The Kier molecular flexibility index (Phi) is 3.51. The molecule has 1 aliphatic rings. The van der Waals surface area contributed by atoms with E-state index < -0.39 is 0 Å². The molecule has 0 atom stereocenters. The van der Waals surface area contributed by atoms with E-state index in [2.05, 4.69) is 11.9 Å². The van der Waals surface area contributed by atoms with Gasteiger partial charge in [0.05, 0.1) is 5.88 Å². The third kappa shape index (κ3) is 2.39. The van der Waals surface area contributed by atoms with Crippen molar-refractivity contribution in [2.24, 2.45) is 0 Å². The molecule has 2 rings (SSSR count). The minimum Gasteiger partial charge on any atom is -0.455 e. The Bertz CT molecular complexity index is 370. The quantitative estimate of drug-likeness (QED) is 0.736. The largest absolute Gasteiger partial charge is 0.455 e. The highest BCUT2D eigenvalue weighted by atomic mass is 35.5. The second-order valence-electron chi connectivity index (χ2n) is 4.00. The number of halogens is 1. The van der Waals surface area contributed by atoms with Crippen molar-refractivity contribution >= 4 is 17.5 Å². The lowest BCUT2D eigenvalue weighted by molar-refractivity contribution is 0.0631. The van der Waals surface area contributed by atoms with E-state index in [1.54, 1.807) is 12.1 Å². The predicted molar refractivity (Wildman–Crippen MR) is 61.7 cm³/mol. The Morgan fingerprint density at radius 1 is 1.38 bits per heavy atom. The van der Waals surface area contributed by atoms with E-state index >= 15 is 0 Å². The summed E-state index contributed by atoms with van der Waals surface area (Å²) in [5.41, 5.74) is 0. The zero-order chi connectivity index (χ0) is 11.5. The maximum Gasteiger partial charge on any atom is 0.289 e. The first kappa shape index (κ1) is 11.5. The summed E-state index contributed by atoms with van der Waals surface area (Å²) in [6.07, 6.45) is 0. The van der Waals surface area contributed by atoms with Crippen LogP contribution in [0, 0.1) is 0 Å². The van der Waals surface area contributed by atoms with E-state index in [1.165, 1.54) is 0 Å². The van der Waals surface area contributed by atoms with Crippen LogP contribution in [-0.2, 0) is 5.88 Å². The van der Waals surface area contributed by atoms with E-state index in [4.69, 9.17) is 16.0 Å². The van der Waals surface area contributed by atoms with Gasteiger partial charge in [0.2, 0.25) is 0 Å². The van der Waals surface area contributed by atoms with Crippen molar-refractivity contribution in [3.63, 3.8) is 0 Å². The smallest absolute Gasteiger partial charge is 0.289 e. The molecule has 4 nitrogen and oxygen atoms in total. The van der Waals surface area contributed by atoms with Gasteiger partial charge >= 0.3 is 0 Å². The van der Waals surface area contributed by atoms with Crippen molar-refractivity contribution in [3.8, 4) is 0 Å². The normalized spacial score (nSPS) is 17.8. The number of likely N-dealkylation sites (N-methyl/N-ethyl adjacent to an activating group) is 1. The average molecular weight is 243 g/mol. The van der Waals surface area contributed by atoms with E-state index in [0.29, 0.717) is 17.4 Å². The second kappa shape index (κ2) is 4.89. The molecule has 1 aromatic heterocycles. The van der Waals surface area contributed by atoms with Gasteiger partial charge < -0.3 is 14.2 Å². The van der Waals surface area contributed by atoms with Gasteiger partial charge in [-0.25, -0.2) is 0 Å². The lowest BCUT2D eigenvalue weighted by Gasteiger charge is -2.31. The second-order valence-corrected chi connectivity index (χ2v) is 4.26. The number of furan rings is 1. The third-order valence-electron chi connectivity index (χ3n) is 2.79. The molecule has 0 spiro atoms. The molecular weight excluding hydrogens is 228 g/mol. The Hall–Kier alpha value is -1.00. The first-order chi connectivity index (χ1) is 7.70. The first-order valence-corrected chi connectivity index (χ1v) is 5.86. The lowest BCUT2D eigenvalue weighted by Crippen LogP contribution is -2.47. The van der Waals surface area contributed by atoms with Gasteiger partial charge in [0.15, 0.2) is 5.76 Å². The standard InChI is InChI=1S/C11H15ClN2O2/c1-13-4-6-14(7-5-13)11(15)10-3-2-9(8-12)16-10/h2-3H,4-8H2,1H3. The first-order valence-electron chi connectivity index (χ1n) is 5.33. The molecule has 0 unspecified atom stereocenters. The lowest BCUT2D eigenvalue weighted by atomic mass is 10.3. The molecule has 0 bridgehead atoms. The van der Waals surface area contributed by atoms with Crippen LogP contribution >= 0.6 is 11.6 Å². The fourth-order valence-electron chi connectivity index (χ4n) is 1.73. The number of amides is 1. The van der Waals surface area contributed by atoms with Gasteiger partial charge in [-0.3, -0.25) is 4.79 Å². The molecule has 0 radical (unpaired) electrons. The SMILES string of the molecule is CN1CCN(C(=O)c2ccc(CCl)o2)CC1. The molecule has 5 heteroatoms. The number of nitrogens with zero attached hydrogens (tertiary/aromatic N) is 2. The number of piperazine rings is 1. The van der Waals surface area contributed by atoms with Crippen molar-refractivity contribution in [1.29, 1.82) is 0 Å². The maximum absolute atomic E-state index is 12.0. The van der Waals surface area contributed by atoms with E-state index in [1.807, 2.05) is 4.90 Å². The fraction of sp³-hybridized carbons (Fsp3) is 0.545. The van der Waals surface area contributed by atoms with Crippen LogP contribution in [0.1, 0.15) is 16.3 Å². The monoisotopic (exact) mass is 242 g/mol. The summed E-state index contributed by atoms with van der Waals surface area (Å²) >= 11 is 5.62. The molecular formula is C11H15ClN2O2. The Morgan fingerprint density at radius 2 is 2.06 bits per heavy atom. The van der Waals surface area contributed by atoms with Crippen LogP contribution in [0.15, 0.2) is 16.5 Å². The highest BCUT2D eigenvalue weighted by Crippen LogP contribution is 2.13. The molecule has 88 valence electrons. The summed E-state index contributed by atoms with van der Waals surface area (Å²) in [7, 11) is 2.06. The summed E-state index contributed by atoms with van der Waals surface area (Å²) in [5.74, 6) is 1.29. The summed E-state index contributed by atoms with van der Waals surface area (Å²) in [6.45, 7) is 3.34. The number of rotatable bonds is 2. The minimum absolute atomic E-state index is 0.0375. The zero-order valence-electron chi connectivity index (χ0n) is 9.28. The van der Waals surface area contributed by atoms with Crippen LogP contribution in [0.2, 0.25) is 0 Å². The Balaban J connectivity index is 2.01. The van der Waals surface area contributed by atoms with Gasteiger partial charge in [-0.2, -0.15) is 0 Å². The summed E-state index contributed by atoms with van der Waals surface area (Å²) < 4.78 is 5.34. The summed E-state index contributed by atoms with van der Waals surface area (Å²) in [4.78, 5) is 16.0. The van der Waals surface area contributed by atoms with Crippen LogP contribution in [0.5, 0.6) is 0 Å². The van der Waals surface area contributed by atoms with Crippen LogP contribution in [0.4, 0.5) is 0 Å². The van der Waals surface area contributed by atoms with Crippen molar-refractivity contribution in [2.75, 3.05) is 33.2 Å². The average Bonchev–Trinajstić information content (AvgIpc) is 2.77. The van der Waals surface area contributed by atoms with Gasteiger partial charge in [0.25, 0.3) is 5.91 Å². The number of hydrogen-bond acceptors (Lipinski definition) is 3. The number of hydrogen-bond donors (Lipinski definition) is 0. The predicted octanol–water partition coefficient (Wildman–Crippen LogP) is 1.41. The van der Waals surface area contributed by atoms with Gasteiger partial charge in [-0.05, 0) is 19.2 Å². The van der Waals surface area contributed by atoms with Crippen molar-refractivity contribution in [3.05, 3.63) is 23.7 Å². The molecule has 1 aromatic rings. The van der Waals surface area contributed by atoms with Crippen molar-refractivity contribution in [1.82, 2.24) is 9.80 Å². The molecule has 0 saturated carbocycles. The highest BCUT2D eigenvalue weighted by molar-refractivity contribution is 6.16. The molecule has 1 amide bonds. The molecule has 1 fully saturated rings. The molecule has 1 aliphatic heterocycles. The van der Waals surface area contributed by atoms with Gasteiger partial charge in [-0.1, -0.05) is 0 Å². The molecule has 0 N–H and O–H groups in total. The van der Waals surface area contributed by atoms with Crippen molar-refractivity contribution < 1.29 is 9.21 Å². The molecule has 0 aliphatic carbocycles. The van der Waals surface area contributed by atoms with Crippen LogP contribution < -0.4 is 0 Å². The molecule has 1 saturated heterocycles. The highest BCUT2D eigenvalue weighted by Gasteiger charge is 2.22. The molecule has 2 heterocycles. The third-order valence-corrected chi connectivity index (χ3v) is 3.06. The van der Waals surface area contributed by atoms with Gasteiger partial charge in [-0.15, -0.1) is 11.6 Å². The fourth-order valence-corrected chi connectivity index (χ4v) is 1.87. The molecule has 0 aromatic carbocycles. The number of carbonyl (C=O) groups excluding carboxylic acids is 1. The van der Waals surface area contributed by atoms with E-state index in [-0.39, 0.29) is 5.91 Å². The zero-order valence-corrected chi connectivity index (χ0v) is 10.0.